The maximum absolute atomic E-state index is 9.86. The average molecular weight is 307 g/mol. The van der Waals surface area contributed by atoms with E-state index in [2.05, 4.69) is 15.2 Å². The minimum Gasteiger partial charge on any atom is -0.504 e. The van der Waals surface area contributed by atoms with Gasteiger partial charge in [-0.1, -0.05) is 24.3 Å². The fourth-order valence-electron chi connectivity index (χ4n) is 2.53. The Hall–Kier alpha value is -3.28. The van der Waals surface area contributed by atoms with E-state index in [4.69, 9.17) is 4.42 Å². The van der Waals surface area contributed by atoms with Crippen LogP contribution < -0.4 is 0 Å². The summed E-state index contributed by atoms with van der Waals surface area (Å²) in [6, 6.07) is 14.6. The number of nitrogens with zero attached hydrogens (tertiary/aromatic N) is 2. The van der Waals surface area contributed by atoms with E-state index in [1.54, 1.807) is 12.1 Å². The molecule has 0 atom stereocenters. The van der Waals surface area contributed by atoms with E-state index in [1.807, 2.05) is 30.3 Å². The van der Waals surface area contributed by atoms with E-state index in [1.165, 1.54) is 6.07 Å². The molecule has 0 saturated carbocycles. The highest BCUT2D eigenvalue weighted by Crippen LogP contribution is 2.35. The van der Waals surface area contributed by atoms with Crippen molar-refractivity contribution >= 4 is 10.9 Å². The second-order valence-electron chi connectivity index (χ2n) is 5.23. The molecule has 0 radical (unpaired) electrons. The molecule has 0 aliphatic carbocycles. The van der Waals surface area contributed by atoms with Gasteiger partial charge in [-0.05, 0) is 29.7 Å². The summed E-state index contributed by atoms with van der Waals surface area (Å²) in [5, 5.41) is 28.5. The zero-order valence-electron chi connectivity index (χ0n) is 12.0. The number of para-hydroxylation sites is 2. The Balaban J connectivity index is 1.64. The van der Waals surface area contributed by atoms with Crippen LogP contribution in [0.3, 0.4) is 0 Å². The Morgan fingerprint density at radius 1 is 1.00 bits per heavy atom. The van der Waals surface area contributed by atoms with Crippen LogP contribution in [-0.2, 0) is 6.42 Å². The lowest BCUT2D eigenvalue weighted by atomic mass is 10.2. The number of fused-ring (bicyclic) bond motifs is 1. The Morgan fingerprint density at radius 2 is 1.87 bits per heavy atom. The number of hydrogen-bond donors (Lipinski definition) is 3. The molecule has 2 heterocycles. The lowest BCUT2D eigenvalue weighted by molar-refractivity contribution is 0.403. The number of aromatic hydroxyl groups is 2. The van der Waals surface area contributed by atoms with Gasteiger partial charge in [0, 0.05) is 11.2 Å². The first-order valence-electron chi connectivity index (χ1n) is 7.11. The van der Waals surface area contributed by atoms with Crippen LogP contribution >= 0.6 is 0 Å². The molecule has 114 valence electrons. The molecular weight excluding hydrogens is 294 g/mol. The van der Waals surface area contributed by atoms with Gasteiger partial charge in [0.05, 0.1) is 12.0 Å². The highest BCUT2D eigenvalue weighted by Gasteiger charge is 2.15. The lowest BCUT2D eigenvalue weighted by Crippen LogP contribution is -1.87. The molecule has 6 nitrogen and oxygen atoms in total. The van der Waals surface area contributed by atoms with Crippen LogP contribution in [0.25, 0.3) is 22.4 Å². The van der Waals surface area contributed by atoms with Gasteiger partial charge in [-0.2, -0.15) is 0 Å². The van der Waals surface area contributed by atoms with Crippen LogP contribution in [0, 0.1) is 0 Å². The van der Waals surface area contributed by atoms with Gasteiger partial charge in [0.15, 0.2) is 11.5 Å². The summed E-state index contributed by atoms with van der Waals surface area (Å²) in [5.41, 5.74) is 2.31. The topological polar surface area (TPSA) is 95.2 Å². The minimum absolute atomic E-state index is 0.171. The maximum Gasteiger partial charge on any atom is 0.251 e. The molecule has 0 bridgehead atoms. The van der Waals surface area contributed by atoms with Crippen LogP contribution in [0.15, 0.2) is 52.9 Å². The Bertz CT molecular complexity index is 955. The van der Waals surface area contributed by atoms with Crippen molar-refractivity contribution < 1.29 is 14.6 Å². The van der Waals surface area contributed by atoms with Crippen LogP contribution in [0.4, 0.5) is 0 Å². The molecule has 0 aliphatic heterocycles. The van der Waals surface area contributed by atoms with Gasteiger partial charge in [0.1, 0.15) is 0 Å². The second-order valence-corrected chi connectivity index (χ2v) is 5.23. The fraction of sp³-hybridized carbons (Fsp3) is 0.0588. The zero-order chi connectivity index (χ0) is 15.8. The van der Waals surface area contributed by atoms with Crippen molar-refractivity contribution in [3.05, 3.63) is 60.1 Å². The van der Waals surface area contributed by atoms with Gasteiger partial charge in [-0.15, -0.1) is 10.2 Å². The van der Waals surface area contributed by atoms with Crippen molar-refractivity contribution in [2.75, 3.05) is 0 Å². The fourth-order valence-corrected chi connectivity index (χ4v) is 2.53. The van der Waals surface area contributed by atoms with Crippen molar-refractivity contribution in [3.8, 4) is 23.0 Å². The molecule has 0 saturated heterocycles. The summed E-state index contributed by atoms with van der Waals surface area (Å²) < 4.78 is 5.59. The molecule has 3 N–H and O–H groups in total. The second kappa shape index (κ2) is 5.17. The number of nitrogens with one attached hydrogen (secondary N) is 1. The molecular formula is C17H13N3O3. The number of phenols is 2. The number of rotatable bonds is 3. The Morgan fingerprint density at radius 3 is 2.74 bits per heavy atom. The lowest BCUT2D eigenvalue weighted by Gasteiger charge is -2.00. The summed E-state index contributed by atoms with van der Waals surface area (Å²) in [5.74, 6) is 0.102. The molecule has 0 unspecified atom stereocenters. The van der Waals surface area contributed by atoms with Crippen molar-refractivity contribution in [2.24, 2.45) is 0 Å². The molecule has 4 aromatic rings. The summed E-state index contributed by atoms with van der Waals surface area (Å²) in [4.78, 5) is 3.30. The van der Waals surface area contributed by atoms with Crippen LogP contribution in [0.1, 0.15) is 11.6 Å². The minimum atomic E-state index is -0.270. The smallest absolute Gasteiger partial charge is 0.251 e. The number of H-pyrrole nitrogens is 1. The van der Waals surface area contributed by atoms with Gasteiger partial charge in [0.25, 0.3) is 5.89 Å². The standard InChI is InChI=1S/C17H13N3O3/c21-14-7-3-5-12(16(14)22)17-20-19-15(23-17)9-11-8-10-4-1-2-6-13(10)18-11/h1-8,18,21-22H,9H2. The molecule has 0 amide bonds. The third-order valence-corrected chi connectivity index (χ3v) is 3.64. The third-order valence-electron chi connectivity index (χ3n) is 3.64. The molecule has 2 aromatic heterocycles. The normalized spacial score (nSPS) is 11.1. The van der Waals surface area contributed by atoms with E-state index >= 15 is 0 Å². The van der Waals surface area contributed by atoms with Crippen LogP contribution in [-0.4, -0.2) is 25.4 Å². The van der Waals surface area contributed by atoms with Gasteiger partial charge in [0.2, 0.25) is 5.89 Å². The molecule has 2 aromatic carbocycles. The van der Waals surface area contributed by atoms with Crippen molar-refractivity contribution in [1.82, 2.24) is 15.2 Å². The van der Waals surface area contributed by atoms with E-state index in [9.17, 15) is 10.2 Å². The Labute approximate surface area is 131 Å². The number of benzene rings is 2. The van der Waals surface area contributed by atoms with Crippen LogP contribution in [0.5, 0.6) is 11.5 Å². The van der Waals surface area contributed by atoms with E-state index in [-0.39, 0.29) is 17.4 Å². The number of aromatic nitrogens is 3. The number of hydrogen-bond acceptors (Lipinski definition) is 5. The summed E-state index contributed by atoms with van der Waals surface area (Å²) >= 11 is 0. The van der Waals surface area contributed by atoms with Crippen molar-refractivity contribution in [1.29, 1.82) is 0 Å². The maximum atomic E-state index is 9.86. The SMILES string of the molecule is Oc1cccc(-c2nnc(Cc3cc4ccccc4[nH]3)o2)c1O. The summed E-state index contributed by atoms with van der Waals surface area (Å²) in [7, 11) is 0. The number of aromatic amines is 1. The van der Waals surface area contributed by atoms with E-state index < -0.39 is 0 Å². The van der Waals surface area contributed by atoms with Crippen molar-refractivity contribution in [3.63, 3.8) is 0 Å². The third kappa shape index (κ3) is 2.40. The zero-order valence-corrected chi connectivity index (χ0v) is 12.0. The summed E-state index contributed by atoms with van der Waals surface area (Å²) in [6.07, 6.45) is 0.460. The van der Waals surface area contributed by atoms with Gasteiger partial charge in [-0.3, -0.25) is 0 Å². The van der Waals surface area contributed by atoms with Gasteiger partial charge >= 0.3 is 0 Å². The quantitative estimate of drug-likeness (QED) is 0.505. The van der Waals surface area contributed by atoms with Gasteiger partial charge in [-0.25, -0.2) is 0 Å². The van der Waals surface area contributed by atoms with Gasteiger partial charge < -0.3 is 19.6 Å². The van der Waals surface area contributed by atoms with Crippen LogP contribution in [0.2, 0.25) is 0 Å². The summed E-state index contributed by atoms with van der Waals surface area (Å²) in [6.45, 7) is 0. The highest BCUT2D eigenvalue weighted by atomic mass is 16.4. The van der Waals surface area contributed by atoms with E-state index in [0.717, 1.165) is 16.6 Å². The largest absolute Gasteiger partial charge is 0.504 e. The molecule has 6 heteroatoms. The molecule has 0 spiro atoms. The first kappa shape index (κ1) is 13.4. The Kier molecular flexibility index (Phi) is 3.01. The average Bonchev–Trinajstić information content (AvgIpc) is 3.16. The number of phenolic OH excluding ortho intramolecular Hbond substituents is 2. The molecule has 0 aliphatic rings. The predicted octanol–water partition coefficient (Wildman–Crippen LogP) is 3.22. The highest BCUT2D eigenvalue weighted by molar-refractivity contribution is 5.80. The molecule has 4 rings (SSSR count). The molecule has 0 fully saturated rings. The monoisotopic (exact) mass is 307 g/mol. The first-order chi connectivity index (χ1) is 11.2. The molecule has 23 heavy (non-hydrogen) atoms. The first-order valence-corrected chi connectivity index (χ1v) is 7.11. The van der Waals surface area contributed by atoms with Crippen molar-refractivity contribution in [2.45, 2.75) is 6.42 Å². The van der Waals surface area contributed by atoms with E-state index in [0.29, 0.717) is 17.9 Å². The predicted molar refractivity (Wildman–Crippen MR) is 84.2 cm³/mol.